The van der Waals surface area contributed by atoms with Gasteiger partial charge in [0.05, 0.1) is 21.5 Å². The average molecular weight is 440 g/mol. The maximum Gasteiger partial charge on any atom is 0.323 e. The third-order valence-corrected chi connectivity index (χ3v) is 6.71. The van der Waals surface area contributed by atoms with Crippen LogP contribution in [0.5, 0.6) is 0 Å². The van der Waals surface area contributed by atoms with Crippen LogP contribution >= 0.6 is 11.3 Å². The molecule has 1 aromatic heterocycles. The van der Waals surface area contributed by atoms with E-state index in [2.05, 4.69) is 15.6 Å². The molecule has 0 bridgehead atoms. The van der Waals surface area contributed by atoms with Gasteiger partial charge in [0.2, 0.25) is 0 Å². The topological polar surface area (TPSA) is 91.3 Å². The van der Waals surface area contributed by atoms with Gasteiger partial charge in [-0.3, -0.25) is 4.79 Å². The SMILES string of the molecule is O=C(Nc1ccc(-c2cnc(C3CCC(C(=O)O)CC3)s2)cc1)Nc1ccccc1F. The van der Waals surface area contributed by atoms with E-state index in [1.807, 2.05) is 18.3 Å². The fourth-order valence-electron chi connectivity index (χ4n) is 3.76. The lowest BCUT2D eigenvalue weighted by atomic mass is 9.82. The van der Waals surface area contributed by atoms with Crippen molar-refractivity contribution in [2.75, 3.05) is 10.6 Å². The van der Waals surface area contributed by atoms with Gasteiger partial charge in [0.15, 0.2) is 0 Å². The molecule has 6 nitrogen and oxygen atoms in total. The fourth-order valence-corrected chi connectivity index (χ4v) is 4.85. The summed E-state index contributed by atoms with van der Waals surface area (Å²) in [4.78, 5) is 28.8. The lowest BCUT2D eigenvalue weighted by Crippen LogP contribution is -2.20. The van der Waals surface area contributed by atoms with Crippen LogP contribution in [0.15, 0.2) is 54.7 Å². The summed E-state index contributed by atoms with van der Waals surface area (Å²) in [6.07, 6.45) is 4.94. The third-order valence-electron chi connectivity index (χ3n) is 5.50. The Bertz CT molecular complexity index is 1080. The van der Waals surface area contributed by atoms with Crippen LogP contribution in [0.2, 0.25) is 0 Å². The van der Waals surface area contributed by atoms with Crippen molar-refractivity contribution in [3.63, 3.8) is 0 Å². The van der Waals surface area contributed by atoms with Crippen LogP contribution in [-0.4, -0.2) is 22.1 Å². The number of thiazole rings is 1. The van der Waals surface area contributed by atoms with Crippen molar-refractivity contribution in [2.24, 2.45) is 5.92 Å². The van der Waals surface area contributed by atoms with E-state index in [9.17, 15) is 14.0 Å². The molecule has 1 fully saturated rings. The lowest BCUT2D eigenvalue weighted by Gasteiger charge is -2.24. The number of amides is 2. The number of hydrogen-bond acceptors (Lipinski definition) is 4. The molecule has 2 amide bonds. The molecule has 4 rings (SSSR count). The normalized spacial score (nSPS) is 18.4. The van der Waals surface area contributed by atoms with Crippen molar-refractivity contribution in [2.45, 2.75) is 31.6 Å². The molecule has 1 saturated carbocycles. The molecule has 1 heterocycles. The summed E-state index contributed by atoms with van der Waals surface area (Å²) in [6, 6.07) is 12.8. The molecule has 1 aliphatic rings. The molecule has 0 spiro atoms. The predicted molar refractivity (Wildman–Crippen MR) is 119 cm³/mol. The van der Waals surface area contributed by atoms with E-state index in [1.54, 1.807) is 35.6 Å². The molecule has 160 valence electrons. The summed E-state index contributed by atoms with van der Waals surface area (Å²) in [7, 11) is 0. The second-order valence-electron chi connectivity index (χ2n) is 7.59. The number of para-hydroxylation sites is 1. The number of nitrogens with one attached hydrogen (secondary N) is 2. The largest absolute Gasteiger partial charge is 0.481 e. The number of carboxylic acid groups (broad SMARTS) is 1. The van der Waals surface area contributed by atoms with Crippen molar-refractivity contribution in [1.82, 2.24) is 4.98 Å². The standard InChI is InChI=1S/C23H22FN3O3S/c24-18-3-1-2-4-19(18)27-23(30)26-17-11-9-14(10-12-17)20-13-25-21(31-20)15-5-7-16(8-6-15)22(28)29/h1-4,9-13,15-16H,5-8H2,(H,28,29)(H2,26,27,30). The van der Waals surface area contributed by atoms with E-state index in [4.69, 9.17) is 5.11 Å². The highest BCUT2D eigenvalue weighted by Gasteiger charge is 2.28. The highest BCUT2D eigenvalue weighted by Crippen LogP contribution is 2.39. The number of nitrogens with zero attached hydrogens (tertiary/aromatic N) is 1. The zero-order valence-corrected chi connectivity index (χ0v) is 17.5. The summed E-state index contributed by atoms with van der Waals surface area (Å²) in [5.74, 6) is -1.11. The predicted octanol–water partition coefficient (Wildman–Crippen LogP) is 5.95. The molecule has 8 heteroatoms. The number of halogens is 1. The first kappa shape index (κ1) is 21.0. The molecule has 0 saturated heterocycles. The maximum atomic E-state index is 13.6. The van der Waals surface area contributed by atoms with E-state index >= 15 is 0 Å². The third kappa shape index (κ3) is 5.08. The van der Waals surface area contributed by atoms with Gasteiger partial charge < -0.3 is 15.7 Å². The number of anilines is 2. The highest BCUT2D eigenvalue weighted by atomic mass is 32.1. The summed E-state index contributed by atoms with van der Waals surface area (Å²) in [5.41, 5.74) is 1.70. The summed E-state index contributed by atoms with van der Waals surface area (Å²) in [5, 5.41) is 15.4. The van der Waals surface area contributed by atoms with Crippen LogP contribution in [0.1, 0.15) is 36.6 Å². The smallest absolute Gasteiger partial charge is 0.323 e. The number of carbonyl (C=O) groups is 2. The van der Waals surface area contributed by atoms with Crippen LogP contribution in [0, 0.1) is 11.7 Å². The molecular formula is C23H22FN3O3S. The van der Waals surface area contributed by atoms with Crippen LogP contribution in [0.4, 0.5) is 20.6 Å². The molecule has 1 aliphatic carbocycles. The van der Waals surface area contributed by atoms with Gasteiger partial charge in [0.25, 0.3) is 0 Å². The Hall–Kier alpha value is -3.26. The monoisotopic (exact) mass is 439 g/mol. The van der Waals surface area contributed by atoms with Gasteiger partial charge in [-0.2, -0.15) is 0 Å². The highest BCUT2D eigenvalue weighted by molar-refractivity contribution is 7.15. The van der Waals surface area contributed by atoms with E-state index in [0.29, 0.717) is 24.4 Å². The number of benzene rings is 2. The molecule has 3 aromatic rings. The second-order valence-corrected chi connectivity index (χ2v) is 8.65. The van der Waals surface area contributed by atoms with Crippen molar-refractivity contribution in [3.05, 3.63) is 65.6 Å². The first-order valence-corrected chi connectivity index (χ1v) is 10.9. The number of aliphatic carboxylic acids is 1. The van der Waals surface area contributed by atoms with Crippen molar-refractivity contribution in [1.29, 1.82) is 0 Å². The minimum absolute atomic E-state index is 0.117. The maximum absolute atomic E-state index is 13.6. The van der Waals surface area contributed by atoms with Gasteiger partial charge >= 0.3 is 12.0 Å². The van der Waals surface area contributed by atoms with Gasteiger partial charge in [-0.1, -0.05) is 24.3 Å². The number of hydrogen-bond donors (Lipinski definition) is 3. The van der Waals surface area contributed by atoms with Crippen molar-refractivity contribution >= 4 is 34.7 Å². The molecule has 0 unspecified atom stereocenters. The molecule has 0 radical (unpaired) electrons. The minimum atomic E-state index is -0.699. The van der Waals surface area contributed by atoms with Gasteiger partial charge in [-0.05, 0) is 55.5 Å². The van der Waals surface area contributed by atoms with E-state index in [-0.39, 0.29) is 11.6 Å². The van der Waals surface area contributed by atoms with E-state index < -0.39 is 17.8 Å². The molecule has 2 aromatic carbocycles. The number of carboxylic acids is 1. The Morgan fingerprint density at radius 3 is 2.39 bits per heavy atom. The average Bonchev–Trinajstić information content (AvgIpc) is 3.26. The first-order chi connectivity index (χ1) is 15.0. The van der Waals surface area contributed by atoms with Crippen LogP contribution in [-0.2, 0) is 4.79 Å². The first-order valence-electron chi connectivity index (χ1n) is 10.1. The summed E-state index contributed by atoms with van der Waals surface area (Å²) < 4.78 is 13.6. The lowest BCUT2D eigenvalue weighted by molar-refractivity contribution is -0.142. The summed E-state index contributed by atoms with van der Waals surface area (Å²) >= 11 is 1.63. The van der Waals surface area contributed by atoms with Gasteiger partial charge in [-0.15, -0.1) is 11.3 Å². The second kappa shape index (κ2) is 9.26. The Morgan fingerprint density at radius 1 is 1.00 bits per heavy atom. The summed E-state index contributed by atoms with van der Waals surface area (Å²) in [6.45, 7) is 0. The Kier molecular flexibility index (Phi) is 6.27. The minimum Gasteiger partial charge on any atom is -0.481 e. The number of carbonyl (C=O) groups excluding carboxylic acids is 1. The van der Waals surface area contributed by atoms with Crippen LogP contribution in [0.25, 0.3) is 10.4 Å². The molecule has 31 heavy (non-hydrogen) atoms. The Morgan fingerprint density at radius 2 is 1.71 bits per heavy atom. The number of aromatic nitrogens is 1. The molecular weight excluding hydrogens is 417 g/mol. The fraction of sp³-hybridized carbons (Fsp3) is 0.261. The van der Waals surface area contributed by atoms with Crippen LogP contribution < -0.4 is 10.6 Å². The Labute approximate surface area is 183 Å². The quantitative estimate of drug-likeness (QED) is 0.458. The number of rotatable bonds is 5. The zero-order chi connectivity index (χ0) is 21.8. The number of urea groups is 1. The van der Waals surface area contributed by atoms with Gasteiger partial charge in [-0.25, -0.2) is 14.2 Å². The zero-order valence-electron chi connectivity index (χ0n) is 16.7. The van der Waals surface area contributed by atoms with E-state index in [0.717, 1.165) is 28.3 Å². The van der Waals surface area contributed by atoms with Crippen molar-refractivity contribution in [3.8, 4) is 10.4 Å². The van der Waals surface area contributed by atoms with Crippen molar-refractivity contribution < 1.29 is 19.1 Å². The molecule has 0 aliphatic heterocycles. The molecule has 0 atom stereocenters. The van der Waals surface area contributed by atoms with Gasteiger partial charge in [0.1, 0.15) is 5.82 Å². The molecule has 3 N–H and O–H groups in total. The Balaban J connectivity index is 1.36. The van der Waals surface area contributed by atoms with E-state index in [1.165, 1.54) is 12.1 Å². The van der Waals surface area contributed by atoms with Gasteiger partial charge in [0, 0.05) is 17.8 Å². The van der Waals surface area contributed by atoms with Crippen LogP contribution in [0.3, 0.4) is 0 Å².